The summed E-state index contributed by atoms with van der Waals surface area (Å²) in [7, 11) is 3.47. The minimum absolute atomic E-state index is 0.0674. The number of unbranched alkanes of at least 4 members (excludes halogenated alkanes) is 1. The highest BCUT2D eigenvalue weighted by Gasteiger charge is 2.14. The number of anilines is 1. The standard InChI is InChI=1S/C20H28N4O2/c1-5-6-13-24(3)20(25)18-14-19(23-15(2)22-18)21-12-11-16-7-9-17(26-4)10-8-16/h7-10,14H,5-6,11-13H2,1-4H3,(H,21,22,23). The van der Waals surface area contributed by atoms with Gasteiger partial charge in [0.25, 0.3) is 5.91 Å². The van der Waals surface area contributed by atoms with E-state index in [1.807, 2.05) is 31.3 Å². The molecule has 0 saturated carbocycles. The number of nitrogens with one attached hydrogen (secondary N) is 1. The summed E-state index contributed by atoms with van der Waals surface area (Å²) in [6.07, 6.45) is 2.89. The van der Waals surface area contributed by atoms with Gasteiger partial charge in [-0.1, -0.05) is 25.5 Å². The number of rotatable bonds is 9. The average Bonchev–Trinajstić information content (AvgIpc) is 2.65. The second kappa shape index (κ2) is 9.75. The van der Waals surface area contributed by atoms with E-state index in [1.165, 1.54) is 5.56 Å². The van der Waals surface area contributed by atoms with Crippen molar-refractivity contribution in [2.75, 3.05) is 32.6 Å². The van der Waals surface area contributed by atoms with Crippen molar-refractivity contribution in [3.63, 3.8) is 0 Å². The molecule has 0 fully saturated rings. The Kier molecular flexibility index (Phi) is 7.38. The normalized spacial score (nSPS) is 10.5. The summed E-state index contributed by atoms with van der Waals surface area (Å²) >= 11 is 0. The lowest BCUT2D eigenvalue weighted by molar-refractivity contribution is 0.0787. The maximum atomic E-state index is 12.5. The van der Waals surface area contributed by atoms with Crippen LogP contribution in [0.4, 0.5) is 5.82 Å². The minimum Gasteiger partial charge on any atom is -0.497 e. The molecule has 2 rings (SSSR count). The Balaban J connectivity index is 1.96. The Hall–Kier alpha value is -2.63. The summed E-state index contributed by atoms with van der Waals surface area (Å²) in [5, 5.41) is 3.29. The molecule has 6 nitrogen and oxygen atoms in total. The molecule has 6 heteroatoms. The monoisotopic (exact) mass is 356 g/mol. The molecule has 0 spiro atoms. The van der Waals surface area contributed by atoms with Crippen LogP contribution in [0, 0.1) is 6.92 Å². The van der Waals surface area contributed by atoms with Gasteiger partial charge in [-0.05, 0) is 37.5 Å². The largest absolute Gasteiger partial charge is 0.497 e. The molecule has 1 aromatic carbocycles. The molecule has 26 heavy (non-hydrogen) atoms. The van der Waals surface area contributed by atoms with Crippen molar-refractivity contribution in [3.8, 4) is 5.75 Å². The third-order valence-electron chi connectivity index (χ3n) is 4.13. The highest BCUT2D eigenvalue weighted by atomic mass is 16.5. The molecule has 0 unspecified atom stereocenters. The number of ether oxygens (including phenoxy) is 1. The number of aryl methyl sites for hydroxylation is 1. The highest BCUT2D eigenvalue weighted by Crippen LogP contribution is 2.13. The molecule has 1 aromatic heterocycles. The van der Waals surface area contributed by atoms with Crippen LogP contribution in [0.5, 0.6) is 5.75 Å². The lowest BCUT2D eigenvalue weighted by Crippen LogP contribution is -2.29. The zero-order valence-electron chi connectivity index (χ0n) is 16.1. The number of nitrogens with zero attached hydrogens (tertiary/aromatic N) is 3. The maximum Gasteiger partial charge on any atom is 0.272 e. The first-order valence-electron chi connectivity index (χ1n) is 9.01. The van der Waals surface area contributed by atoms with Gasteiger partial charge in [0, 0.05) is 26.2 Å². The number of aromatic nitrogens is 2. The van der Waals surface area contributed by atoms with E-state index in [1.54, 1.807) is 25.0 Å². The Labute approximate surface area is 155 Å². The fourth-order valence-electron chi connectivity index (χ4n) is 2.59. The zero-order valence-corrected chi connectivity index (χ0v) is 16.1. The van der Waals surface area contributed by atoms with Crippen LogP contribution in [0.15, 0.2) is 30.3 Å². The van der Waals surface area contributed by atoms with Gasteiger partial charge in [0.1, 0.15) is 23.1 Å². The smallest absolute Gasteiger partial charge is 0.272 e. The summed E-state index contributed by atoms with van der Waals surface area (Å²) in [5.74, 6) is 2.05. The van der Waals surface area contributed by atoms with Gasteiger partial charge in [0.2, 0.25) is 0 Å². The Morgan fingerprint density at radius 2 is 1.96 bits per heavy atom. The van der Waals surface area contributed by atoms with Crippen molar-refractivity contribution in [2.45, 2.75) is 33.1 Å². The van der Waals surface area contributed by atoms with Gasteiger partial charge >= 0.3 is 0 Å². The quantitative estimate of drug-likeness (QED) is 0.746. The van der Waals surface area contributed by atoms with Crippen LogP contribution in [0.25, 0.3) is 0 Å². The molecule has 1 heterocycles. The van der Waals surface area contributed by atoms with Crippen LogP contribution in [-0.2, 0) is 6.42 Å². The van der Waals surface area contributed by atoms with Crippen molar-refractivity contribution in [1.82, 2.24) is 14.9 Å². The fraction of sp³-hybridized carbons (Fsp3) is 0.450. The molecule has 0 saturated heterocycles. The number of hydrogen-bond donors (Lipinski definition) is 1. The third kappa shape index (κ3) is 5.72. The van der Waals surface area contributed by atoms with Gasteiger partial charge in [-0.25, -0.2) is 9.97 Å². The highest BCUT2D eigenvalue weighted by molar-refractivity contribution is 5.92. The predicted molar refractivity (Wildman–Crippen MR) is 104 cm³/mol. The summed E-state index contributed by atoms with van der Waals surface area (Å²) in [6, 6.07) is 9.72. The molecular weight excluding hydrogens is 328 g/mol. The first-order chi connectivity index (χ1) is 12.5. The van der Waals surface area contributed by atoms with Crippen molar-refractivity contribution in [2.24, 2.45) is 0 Å². The number of amides is 1. The second-order valence-corrected chi connectivity index (χ2v) is 6.29. The Morgan fingerprint density at radius 3 is 2.62 bits per heavy atom. The number of benzene rings is 1. The lowest BCUT2D eigenvalue weighted by Gasteiger charge is -2.17. The van der Waals surface area contributed by atoms with Gasteiger partial charge < -0.3 is 15.0 Å². The maximum absolute atomic E-state index is 12.5. The Morgan fingerprint density at radius 1 is 1.23 bits per heavy atom. The summed E-state index contributed by atoms with van der Waals surface area (Å²) < 4.78 is 5.17. The van der Waals surface area contributed by atoms with Crippen molar-refractivity contribution < 1.29 is 9.53 Å². The molecule has 0 radical (unpaired) electrons. The average molecular weight is 356 g/mol. The molecule has 0 bridgehead atoms. The van der Waals surface area contributed by atoms with Crippen LogP contribution in [0.2, 0.25) is 0 Å². The van der Waals surface area contributed by atoms with E-state index in [9.17, 15) is 4.79 Å². The summed E-state index contributed by atoms with van der Waals surface area (Å²) in [4.78, 5) is 22.9. The summed E-state index contributed by atoms with van der Waals surface area (Å²) in [6.45, 7) is 5.37. The van der Waals surface area contributed by atoms with Gasteiger partial charge in [-0.3, -0.25) is 4.79 Å². The first-order valence-corrected chi connectivity index (χ1v) is 9.01. The number of hydrogen-bond acceptors (Lipinski definition) is 5. The predicted octanol–water partition coefficient (Wildman–Crippen LogP) is 3.32. The number of carbonyl (C=O) groups is 1. The van der Waals surface area contributed by atoms with Gasteiger partial charge in [-0.2, -0.15) is 0 Å². The topological polar surface area (TPSA) is 67.4 Å². The molecule has 1 N–H and O–H groups in total. The van der Waals surface area contributed by atoms with Crippen molar-refractivity contribution in [3.05, 3.63) is 47.4 Å². The van der Waals surface area contributed by atoms with Crippen LogP contribution < -0.4 is 10.1 Å². The van der Waals surface area contributed by atoms with Gasteiger partial charge in [0.15, 0.2) is 0 Å². The second-order valence-electron chi connectivity index (χ2n) is 6.29. The van der Waals surface area contributed by atoms with Crippen LogP contribution in [-0.4, -0.2) is 48.0 Å². The Bertz CT molecular complexity index is 716. The van der Waals surface area contributed by atoms with E-state index in [0.29, 0.717) is 17.3 Å². The molecule has 0 aliphatic rings. The minimum atomic E-state index is -0.0674. The van der Waals surface area contributed by atoms with Crippen molar-refractivity contribution in [1.29, 1.82) is 0 Å². The molecular formula is C20H28N4O2. The zero-order chi connectivity index (χ0) is 18.9. The van der Waals surface area contributed by atoms with Gasteiger partial charge in [-0.15, -0.1) is 0 Å². The molecule has 1 amide bonds. The fourth-order valence-corrected chi connectivity index (χ4v) is 2.59. The molecule has 2 aromatic rings. The molecule has 0 aliphatic carbocycles. The summed E-state index contributed by atoms with van der Waals surface area (Å²) in [5.41, 5.74) is 1.64. The SMILES string of the molecule is CCCCN(C)C(=O)c1cc(NCCc2ccc(OC)cc2)nc(C)n1. The molecule has 140 valence electrons. The molecule has 0 aliphatic heterocycles. The van der Waals surface area contributed by atoms with E-state index in [4.69, 9.17) is 4.74 Å². The third-order valence-corrected chi connectivity index (χ3v) is 4.13. The van der Waals surface area contributed by atoms with Crippen molar-refractivity contribution >= 4 is 11.7 Å². The van der Waals surface area contributed by atoms with E-state index in [0.717, 1.165) is 38.1 Å². The van der Waals surface area contributed by atoms with E-state index in [2.05, 4.69) is 22.2 Å². The van der Waals surface area contributed by atoms with Crippen LogP contribution in [0.3, 0.4) is 0 Å². The number of carbonyl (C=O) groups excluding carboxylic acids is 1. The molecule has 0 atom stereocenters. The lowest BCUT2D eigenvalue weighted by atomic mass is 10.1. The first kappa shape index (κ1) is 19.7. The number of methoxy groups -OCH3 is 1. The van der Waals surface area contributed by atoms with Gasteiger partial charge in [0.05, 0.1) is 7.11 Å². The van der Waals surface area contributed by atoms with E-state index >= 15 is 0 Å². The van der Waals surface area contributed by atoms with E-state index in [-0.39, 0.29) is 5.91 Å². The van der Waals surface area contributed by atoms with Crippen LogP contribution in [0.1, 0.15) is 41.6 Å². The van der Waals surface area contributed by atoms with E-state index < -0.39 is 0 Å². The van der Waals surface area contributed by atoms with Crippen LogP contribution >= 0.6 is 0 Å².